The van der Waals surface area contributed by atoms with E-state index in [0.29, 0.717) is 44.3 Å². The van der Waals surface area contributed by atoms with Crippen LogP contribution in [0, 0.1) is 11.8 Å². The summed E-state index contributed by atoms with van der Waals surface area (Å²) in [5.74, 6) is 2.21. The van der Waals surface area contributed by atoms with Gasteiger partial charge in [-0.05, 0) is 72.5 Å². The summed E-state index contributed by atoms with van der Waals surface area (Å²) in [6.45, 7) is 6.38. The van der Waals surface area contributed by atoms with Crippen LogP contribution in [0.3, 0.4) is 0 Å². The monoisotopic (exact) mass is 727 g/mol. The standard InChI is InChI=1S/C20H20ClN3O.C17H15ClN4O2.CH4O/c1-13(2)14-11-23(12-14)19-17-9-8-15(21)10-18(17)24(20(25)22-19)16-6-4-3-5-7-16;1-19-15(23)10-20-16-13-8-7-11(18)9-14(13)22(17(24)21-16)12-5-3-2-4-6-12;1-2/h3-10,13-14H,11-12H2,1-2H3;2-9H,10H2,1H3,(H,19,23)(H,20,21,24);2H,1H3. The van der Waals surface area contributed by atoms with Gasteiger partial charge in [0.15, 0.2) is 0 Å². The number of aliphatic hydroxyl groups excluding tert-OH is 1. The Bertz CT molecular complexity index is 2260. The maximum Gasteiger partial charge on any atom is 0.354 e. The van der Waals surface area contributed by atoms with Gasteiger partial charge in [-0.2, -0.15) is 9.97 Å². The molecule has 3 heterocycles. The van der Waals surface area contributed by atoms with Crippen molar-refractivity contribution >= 4 is 62.6 Å². The maximum atomic E-state index is 12.8. The highest BCUT2D eigenvalue weighted by Gasteiger charge is 2.31. The summed E-state index contributed by atoms with van der Waals surface area (Å²) < 4.78 is 3.12. The number of benzene rings is 4. The van der Waals surface area contributed by atoms with Crippen molar-refractivity contribution in [2.75, 3.05) is 44.0 Å². The first-order valence-electron chi connectivity index (χ1n) is 16.3. The Morgan fingerprint density at radius 3 is 1.78 bits per heavy atom. The summed E-state index contributed by atoms with van der Waals surface area (Å²) in [4.78, 5) is 47.5. The highest BCUT2D eigenvalue weighted by atomic mass is 35.5. The molecule has 0 saturated carbocycles. The number of nitrogens with zero attached hydrogens (tertiary/aromatic N) is 5. The lowest BCUT2D eigenvalue weighted by Gasteiger charge is -2.42. The number of aromatic nitrogens is 4. The zero-order chi connectivity index (χ0) is 36.7. The average Bonchev–Trinajstić information content (AvgIpc) is 3.11. The van der Waals surface area contributed by atoms with Gasteiger partial charge in [-0.3, -0.25) is 13.9 Å². The second-order valence-corrected chi connectivity index (χ2v) is 12.9. The number of amides is 1. The number of carbonyl (C=O) groups is 1. The Morgan fingerprint density at radius 1 is 0.784 bits per heavy atom. The van der Waals surface area contributed by atoms with Gasteiger partial charge in [0.05, 0.1) is 29.0 Å². The molecule has 7 rings (SSSR count). The third-order valence-electron chi connectivity index (χ3n) is 8.57. The zero-order valence-corrected chi connectivity index (χ0v) is 30.2. The zero-order valence-electron chi connectivity index (χ0n) is 28.7. The van der Waals surface area contributed by atoms with Crippen LogP contribution in [0.5, 0.6) is 0 Å². The summed E-state index contributed by atoms with van der Waals surface area (Å²) in [6, 6.07) is 29.6. The first kappa shape index (κ1) is 37.0. The molecule has 4 aromatic carbocycles. The molecule has 2 aromatic heterocycles. The van der Waals surface area contributed by atoms with E-state index in [0.717, 1.165) is 42.6 Å². The molecular weight excluding hydrogens is 689 g/mol. The molecule has 11 nitrogen and oxygen atoms in total. The Hall–Kier alpha value is -5.23. The van der Waals surface area contributed by atoms with Crippen LogP contribution >= 0.6 is 23.2 Å². The number of fused-ring (bicyclic) bond motifs is 2. The number of likely N-dealkylation sites (N-methyl/N-ethyl adjacent to an activating group) is 1. The molecular formula is C38H39Cl2N7O4. The summed E-state index contributed by atoms with van der Waals surface area (Å²) in [5, 5.41) is 15.2. The number of nitrogens with one attached hydrogen (secondary N) is 2. The van der Waals surface area contributed by atoms with Gasteiger partial charge in [-0.1, -0.05) is 73.4 Å². The quantitative estimate of drug-likeness (QED) is 0.184. The van der Waals surface area contributed by atoms with Gasteiger partial charge < -0.3 is 20.6 Å². The molecule has 1 fully saturated rings. The van der Waals surface area contributed by atoms with Crippen LogP contribution in [0.4, 0.5) is 11.6 Å². The first-order valence-corrected chi connectivity index (χ1v) is 17.1. The van der Waals surface area contributed by atoms with E-state index in [1.165, 1.54) is 4.57 Å². The van der Waals surface area contributed by atoms with E-state index in [4.69, 9.17) is 28.3 Å². The molecule has 51 heavy (non-hydrogen) atoms. The van der Waals surface area contributed by atoms with Crippen molar-refractivity contribution in [3.8, 4) is 11.4 Å². The smallest absolute Gasteiger partial charge is 0.354 e. The molecule has 0 atom stereocenters. The number of para-hydroxylation sites is 2. The third kappa shape index (κ3) is 8.23. The molecule has 6 aromatic rings. The van der Waals surface area contributed by atoms with Gasteiger partial charge in [0.2, 0.25) is 5.91 Å². The van der Waals surface area contributed by atoms with E-state index in [2.05, 4.69) is 39.3 Å². The van der Waals surface area contributed by atoms with Gasteiger partial charge in [0, 0.05) is 48.1 Å². The first-order chi connectivity index (χ1) is 24.6. The van der Waals surface area contributed by atoms with Crippen LogP contribution in [-0.2, 0) is 4.79 Å². The van der Waals surface area contributed by atoms with Crippen molar-refractivity contribution in [2.24, 2.45) is 11.8 Å². The molecule has 0 unspecified atom stereocenters. The van der Waals surface area contributed by atoms with Gasteiger partial charge in [-0.15, -0.1) is 0 Å². The molecule has 0 aliphatic carbocycles. The Balaban J connectivity index is 0.000000189. The van der Waals surface area contributed by atoms with Crippen LogP contribution in [0.2, 0.25) is 10.0 Å². The number of carbonyl (C=O) groups excluding carboxylic acids is 1. The van der Waals surface area contributed by atoms with E-state index in [1.807, 2.05) is 78.9 Å². The third-order valence-corrected chi connectivity index (χ3v) is 9.04. The molecule has 0 radical (unpaired) electrons. The van der Waals surface area contributed by atoms with Crippen LogP contribution in [0.15, 0.2) is 107 Å². The van der Waals surface area contributed by atoms with E-state index in [9.17, 15) is 14.4 Å². The van der Waals surface area contributed by atoms with Gasteiger partial charge >= 0.3 is 11.4 Å². The van der Waals surface area contributed by atoms with Crippen molar-refractivity contribution in [1.82, 2.24) is 24.4 Å². The molecule has 0 spiro atoms. The number of hydrogen-bond donors (Lipinski definition) is 3. The van der Waals surface area contributed by atoms with Crippen LogP contribution in [-0.4, -0.2) is 63.9 Å². The molecule has 1 saturated heterocycles. The van der Waals surface area contributed by atoms with E-state index < -0.39 is 5.69 Å². The molecule has 3 N–H and O–H groups in total. The predicted molar refractivity (Wildman–Crippen MR) is 206 cm³/mol. The van der Waals surface area contributed by atoms with Gasteiger partial charge in [0.1, 0.15) is 11.6 Å². The minimum atomic E-state index is -0.449. The fraction of sp³-hybridized carbons (Fsp3) is 0.237. The highest BCUT2D eigenvalue weighted by Crippen LogP contribution is 2.33. The molecule has 13 heteroatoms. The minimum Gasteiger partial charge on any atom is -0.400 e. The second-order valence-electron chi connectivity index (χ2n) is 12.1. The van der Waals surface area contributed by atoms with Crippen LogP contribution < -0.4 is 26.9 Å². The summed E-state index contributed by atoms with van der Waals surface area (Å²) >= 11 is 12.3. The number of aliphatic hydroxyl groups is 1. The highest BCUT2D eigenvalue weighted by molar-refractivity contribution is 6.31. The number of anilines is 2. The van der Waals surface area contributed by atoms with Crippen LogP contribution in [0.25, 0.3) is 33.2 Å². The van der Waals surface area contributed by atoms with Crippen molar-refractivity contribution in [1.29, 1.82) is 0 Å². The van der Waals surface area contributed by atoms with E-state index in [1.54, 1.807) is 29.8 Å². The van der Waals surface area contributed by atoms with Gasteiger partial charge in [-0.25, -0.2) is 9.59 Å². The van der Waals surface area contributed by atoms with E-state index >= 15 is 0 Å². The topological polar surface area (TPSA) is 134 Å². The normalized spacial score (nSPS) is 12.4. The lowest BCUT2D eigenvalue weighted by Crippen LogP contribution is -2.50. The van der Waals surface area contributed by atoms with Gasteiger partial charge in [0.25, 0.3) is 0 Å². The van der Waals surface area contributed by atoms with E-state index in [-0.39, 0.29) is 18.1 Å². The summed E-state index contributed by atoms with van der Waals surface area (Å²) in [5.41, 5.74) is 2.18. The Kier molecular flexibility index (Phi) is 12.1. The molecule has 0 bridgehead atoms. The van der Waals surface area contributed by atoms with Crippen molar-refractivity contribution in [2.45, 2.75) is 13.8 Å². The lowest BCUT2D eigenvalue weighted by molar-refractivity contribution is -0.118. The molecule has 1 aliphatic rings. The fourth-order valence-electron chi connectivity index (χ4n) is 5.77. The SMILES string of the molecule is CC(C)C1CN(c2nc(=O)n(-c3ccccc3)c3cc(Cl)ccc23)C1.CNC(=O)CNc1nc(=O)n(-c2ccccc2)c2cc(Cl)ccc12.CO. The second kappa shape index (κ2) is 16.7. The number of halogens is 2. The predicted octanol–water partition coefficient (Wildman–Crippen LogP) is 5.94. The minimum absolute atomic E-state index is 0.0238. The van der Waals surface area contributed by atoms with Crippen molar-refractivity contribution in [3.63, 3.8) is 0 Å². The maximum absolute atomic E-state index is 12.8. The van der Waals surface area contributed by atoms with Crippen molar-refractivity contribution in [3.05, 3.63) is 128 Å². The van der Waals surface area contributed by atoms with Crippen LogP contribution in [0.1, 0.15) is 13.8 Å². The number of rotatable bonds is 7. The molecule has 264 valence electrons. The Labute approximate surface area is 305 Å². The fourth-order valence-corrected chi connectivity index (χ4v) is 6.10. The summed E-state index contributed by atoms with van der Waals surface area (Å²) in [7, 11) is 2.54. The lowest BCUT2D eigenvalue weighted by atomic mass is 9.88. The molecule has 1 amide bonds. The molecule has 1 aliphatic heterocycles. The number of hydrogen-bond acceptors (Lipinski definition) is 8. The van der Waals surface area contributed by atoms with Crippen molar-refractivity contribution < 1.29 is 9.90 Å². The largest absolute Gasteiger partial charge is 0.400 e. The Morgan fingerprint density at radius 2 is 1.27 bits per heavy atom. The summed E-state index contributed by atoms with van der Waals surface area (Å²) in [6.07, 6.45) is 0. The average molecular weight is 729 g/mol.